The van der Waals surface area contributed by atoms with Crippen LogP contribution in [-0.4, -0.2) is 16.7 Å². The van der Waals surface area contributed by atoms with Crippen molar-refractivity contribution in [3.8, 4) is 5.75 Å². The van der Waals surface area contributed by atoms with E-state index in [4.69, 9.17) is 16.3 Å². The molecular formula is C15H10ClNO2S2. The second-order valence-electron chi connectivity index (χ2n) is 4.16. The van der Waals surface area contributed by atoms with Gasteiger partial charge in [0, 0.05) is 5.02 Å². The van der Waals surface area contributed by atoms with E-state index in [0.29, 0.717) is 10.8 Å². The maximum Gasteiger partial charge on any atom is 0.233 e. The molecule has 0 saturated heterocycles. The Hall–Kier alpha value is -1.56. The maximum absolute atomic E-state index is 11.9. The smallest absolute Gasteiger partial charge is 0.233 e. The van der Waals surface area contributed by atoms with E-state index in [1.807, 2.05) is 24.3 Å². The van der Waals surface area contributed by atoms with Crippen LogP contribution in [-0.2, 0) is 4.79 Å². The Bertz CT molecular complexity index is 738. The fourth-order valence-electron chi connectivity index (χ4n) is 1.69. The number of halogens is 1. The summed E-state index contributed by atoms with van der Waals surface area (Å²) in [7, 11) is 0. The highest BCUT2D eigenvalue weighted by Gasteiger charge is 2.10. The van der Waals surface area contributed by atoms with Gasteiger partial charge < -0.3 is 4.74 Å². The highest BCUT2D eigenvalue weighted by atomic mass is 35.5. The van der Waals surface area contributed by atoms with Crippen molar-refractivity contribution < 1.29 is 9.53 Å². The third-order valence-electron chi connectivity index (χ3n) is 2.65. The minimum atomic E-state index is -0.0796. The fraction of sp³-hybridized carbons (Fsp3) is 0.0667. The highest BCUT2D eigenvalue weighted by molar-refractivity contribution is 8.15. The first-order valence-electron chi connectivity index (χ1n) is 6.15. The number of rotatable bonds is 4. The Morgan fingerprint density at radius 2 is 1.95 bits per heavy atom. The van der Waals surface area contributed by atoms with E-state index in [1.165, 1.54) is 11.3 Å². The average Bonchev–Trinajstić information content (AvgIpc) is 2.88. The molecule has 0 saturated carbocycles. The molecule has 3 rings (SSSR count). The zero-order chi connectivity index (χ0) is 14.7. The molecule has 0 bridgehead atoms. The zero-order valence-corrected chi connectivity index (χ0v) is 13.2. The second-order valence-corrected chi connectivity index (χ2v) is 6.94. The predicted molar refractivity (Wildman–Crippen MR) is 87.4 cm³/mol. The van der Waals surface area contributed by atoms with Crippen molar-refractivity contribution in [2.45, 2.75) is 4.34 Å². The Labute approximate surface area is 134 Å². The number of fused-ring (bicyclic) bond motifs is 1. The number of carbonyl (C=O) groups is 1. The molecule has 2 aromatic carbocycles. The van der Waals surface area contributed by atoms with Crippen LogP contribution in [0.4, 0.5) is 0 Å². The lowest BCUT2D eigenvalue weighted by molar-refractivity contribution is -0.112. The summed E-state index contributed by atoms with van der Waals surface area (Å²) in [5.41, 5.74) is 0.913. The standard InChI is InChI=1S/C15H10ClNO2S2/c16-10-5-7-11(8-6-10)19-9-14(18)21-15-17-12-3-1-2-4-13(12)20-15/h1-8H,9H2. The normalized spacial score (nSPS) is 10.7. The van der Waals surface area contributed by atoms with Crippen LogP contribution in [0, 0.1) is 0 Å². The molecule has 106 valence electrons. The van der Waals surface area contributed by atoms with Crippen LogP contribution in [0.1, 0.15) is 0 Å². The van der Waals surface area contributed by atoms with Gasteiger partial charge in [-0.3, -0.25) is 4.79 Å². The van der Waals surface area contributed by atoms with E-state index < -0.39 is 0 Å². The van der Waals surface area contributed by atoms with E-state index in [2.05, 4.69) is 4.98 Å². The van der Waals surface area contributed by atoms with Crippen molar-refractivity contribution in [3.63, 3.8) is 0 Å². The first-order chi connectivity index (χ1) is 10.2. The number of nitrogens with zero attached hydrogens (tertiary/aromatic N) is 1. The number of para-hydroxylation sites is 1. The van der Waals surface area contributed by atoms with Crippen molar-refractivity contribution in [3.05, 3.63) is 53.6 Å². The van der Waals surface area contributed by atoms with Crippen molar-refractivity contribution in [2.75, 3.05) is 6.61 Å². The number of benzene rings is 2. The van der Waals surface area contributed by atoms with Gasteiger partial charge in [-0.25, -0.2) is 4.98 Å². The summed E-state index contributed by atoms with van der Waals surface area (Å²) in [5, 5.41) is 0.557. The van der Waals surface area contributed by atoms with E-state index in [0.717, 1.165) is 26.3 Å². The summed E-state index contributed by atoms with van der Waals surface area (Å²) in [6, 6.07) is 14.7. The number of aromatic nitrogens is 1. The van der Waals surface area contributed by atoms with Crippen LogP contribution in [0.5, 0.6) is 5.75 Å². The number of hydrogen-bond acceptors (Lipinski definition) is 5. The maximum atomic E-state index is 11.9. The highest BCUT2D eigenvalue weighted by Crippen LogP contribution is 2.29. The van der Waals surface area contributed by atoms with Gasteiger partial charge >= 0.3 is 0 Å². The molecule has 0 unspecified atom stereocenters. The monoisotopic (exact) mass is 335 g/mol. The van der Waals surface area contributed by atoms with Crippen molar-refractivity contribution in [1.82, 2.24) is 4.98 Å². The van der Waals surface area contributed by atoms with E-state index >= 15 is 0 Å². The molecule has 0 radical (unpaired) electrons. The Morgan fingerprint density at radius 3 is 2.71 bits per heavy atom. The topological polar surface area (TPSA) is 39.2 Å². The van der Waals surface area contributed by atoms with E-state index in [1.54, 1.807) is 24.3 Å². The summed E-state index contributed by atoms with van der Waals surface area (Å²) >= 11 is 8.40. The molecule has 1 aromatic heterocycles. The third kappa shape index (κ3) is 3.75. The molecule has 0 N–H and O–H groups in total. The summed E-state index contributed by atoms with van der Waals surface area (Å²) in [6.45, 7) is 0.00221. The molecule has 0 atom stereocenters. The van der Waals surface area contributed by atoms with Gasteiger partial charge in [0.05, 0.1) is 10.2 Å². The second kappa shape index (κ2) is 6.47. The molecule has 0 amide bonds. The van der Waals surface area contributed by atoms with Crippen LogP contribution in [0.25, 0.3) is 10.2 Å². The summed E-state index contributed by atoms with van der Waals surface area (Å²) < 4.78 is 7.23. The van der Waals surface area contributed by atoms with E-state index in [-0.39, 0.29) is 11.7 Å². The molecule has 21 heavy (non-hydrogen) atoms. The number of ether oxygens (including phenoxy) is 1. The molecule has 3 nitrogen and oxygen atoms in total. The summed E-state index contributed by atoms with van der Waals surface area (Å²) in [5.74, 6) is 0.623. The van der Waals surface area contributed by atoms with Crippen LogP contribution in [0.2, 0.25) is 5.02 Å². The molecule has 0 spiro atoms. The number of hydrogen-bond donors (Lipinski definition) is 0. The minimum absolute atomic E-state index is 0.00221. The largest absolute Gasteiger partial charge is 0.485 e. The van der Waals surface area contributed by atoms with Crippen molar-refractivity contribution >= 4 is 50.0 Å². The van der Waals surface area contributed by atoms with Crippen LogP contribution >= 0.6 is 34.7 Å². The third-order valence-corrected chi connectivity index (χ3v) is 4.84. The Morgan fingerprint density at radius 1 is 1.19 bits per heavy atom. The lowest BCUT2D eigenvalue weighted by Gasteiger charge is -2.03. The lowest BCUT2D eigenvalue weighted by Crippen LogP contribution is -2.06. The van der Waals surface area contributed by atoms with E-state index in [9.17, 15) is 4.79 Å². The summed E-state index contributed by atoms with van der Waals surface area (Å²) in [6.07, 6.45) is 0. The van der Waals surface area contributed by atoms with Crippen LogP contribution in [0.15, 0.2) is 52.9 Å². The van der Waals surface area contributed by atoms with Gasteiger partial charge in [0.15, 0.2) is 10.9 Å². The number of thiazole rings is 1. The average molecular weight is 336 g/mol. The molecule has 6 heteroatoms. The van der Waals surface area contributed by atoms with Gasteiger partial charge in [-0.15, -0.1) is 11.3 Å². The quantitative estimate of drug-likeness (QED) is 0.651. The molecule has 0 aliphatic rings. The van der Waals surface area contributed by atoms with Crippen molar-refractivity contribution in [2.24, 2.45) is 0 Å². The fourth-order valence-corrected chi connectivity index (χ4v) is 3.69. The molecular weight excluding hydrogens is 326 g/mol. The van der Waals surface area contributed by atoms with Gasteiger partial charge in [-0.2, -0.15) is 0 Å². The number of thioether (sulfide) groups is 1. The van der Waals surface area contributed by atoms with Gasteiger partial charge in [0.25, 0.3) is 0 Å². The number of carbonyl (C=O) groups excluding carboxylic acids is 1. The van der Waals surface area contributed by atoms with Crippen LogP contribution < -0.4 is 4.74 Å². The SMILES string of the molecule is O=C(COc1ccc(Cl)cc1)Sc1nc2ccccc2s1. The van der Waals surface area contributed by atoms with Gasteiger partial charge in [-0.05, 0) is 48.2 Å². The van der Waals surface area contributed by atoms with Gasteiger partial charge in [-0.1, -0.05) is 23.7 Å². The first kappa shape index (κ1) is 14.4. The predicted octanol–water partition coefficient (Wildman–Crippen LogP) is 4.65. The first-order valence-corrected chi connectivity index (χ1v) is 8.16. The lowest BCUT2D eigenvalue weighted by atomic mass is 10.3. The van der Waals surface area contributed by atoms with Gasteiger partial charge in [0.1, 0.15) is 5.75 Å². The molecule has 0 aliphatic carbocycles. The summed E-state index contributed by atoms with van der Waals surface area (Å²) in [4.78, 5) is 16.3. The molecule has 0 fully saturated rings. The molecule has 3 aromatic rings. The Balaban J connectivity index is 1.59. The molecule has 1 heterocycles. The zero-order valence-electron chi connectivity index (χ0n) is 10.8. The Kier molecular flexibility index (Phi) is 4.43. The van der Waals surface area contributed by atoms with Gasteiger partial charge in [0.2, 0.25) is 5.12 Å². The molecule has 0 aliphatic heterocycles. The van der Waals surface area contributed by atoms with Crippen LogP contribution in [0.3, 0.4) is 0 Å². The van der Waals surface area contributed by atoms with Crippen molar-refractivity contribution in [1.29, 1.82) is 0 Å². The minimum Gasteiger partial charge on any atom is -0.485 e.